The lowest BCUT2D eigenvalue weighted by molar-refractivity contribution is 0.354. The van der Waals surface area contributed by atoms with Gasteiger partial charge >= 0.3 is 5.63 Å². The molecule has 2 aromatic rings. The summed E-state index contributed by atoms with van der Waals surface area (Å²) in [5.74, 6) is 0.0358. The molecule has 0 fully saturated rings. The van der Waals surface area contributed by atoms with Crippen LogP contribution in [0.1, 0.15) is 32.3 Å². The van der Waals surface area contributed by atoms with E-state index in [0.717, 1.165) is 17.6 Å². The Labute approximate surface area is 156 Å². The third kappa shape index (κ3) is 3.99. The van der Waals surface area contributed by atoms with Gasteiger partial charge in [-0.1, -0.05) is 26.0 Å². The fourth-order valence-corrected chi connectivity index (χ4v) is 3.32. The lowest BCUT2D eigenvalue weighted by Gasteiger charge is -2.30. The summed E-state index contributed by atoms with van der Waals surface area (Å²) in [4.78, 5) is 12.2. The molecule has 1 aliphatic rings. The van der Waals surface area contributed by atoms with Crippen LogP contribution in [0.4, 0.5) is 0 Å². The number of aromatic hydroxyl groups is 1. The predicted molar refractivity (Wildman–Crippen MR) is 103 cm³/mol. The molecule has 0 unspecified atom stereocenters. The minimum absolute atomic E-state index is 0.0358. The summed E-state index contributed by atoms with van der Waals surface area (Å²) >= 11 is 0. The quantitative estimate of drug-likeness (QED) is 0.625. The number of hydrogen-bond acceptors (Lipinski definition) is 5. The van der Waals surface area contributed by atoms with Gasteiger partial charge in [0.15, 0.2) is 0 Å². The molecule has 1 aliphatic carbocycles. The molecule has 0 aliphatic heterocycles. The number of rotatable bonds is 2. The van der Waals surface area contributed by atoms with Gasteiger partial charge in [0, 0.05) is 11.5 Å². The smallest absolute Gasteiger partial charge is 0.343 e. The topological polar surface area (TPSA) is 98.0 Å². The summed E-state index contributed by atoms with van der Waals surface area (Å²) < 4.78 is 5.27. The predicted octanol–water partition coefficient (Wildman–Crippen LogP) is 4.60. The molecular weight excluding hydrogens is 340 g/mol. The number of fused-ring (bicyclic) bond motifs is 1. The first-order chi connectivity index (χ1) is 12.8. The third-order valence-electron chi connectivity index (χ3n) is 4.48. The highest BCUT2D eigenvalue weighted by atomic mass is 16.4. The molecule has 0 amide bonds. The second kappa shape index (κ2) is 6.97. The van der Waals surface area contributed by atoms with Crippen LogP contribution < -0.4 is 5.63 Å². The molecule has 1 N–H and O–H groups in total. The van der Waals surface area contributed by atoms with E-state index >= 15 is 0 Å². The van der Waals surface area contributed by atoms with Crippen LogP contribution in [0.15, 0.2) is 62.3 Å². The van der Waals surface area contributed by atoms with Gasteiger partial charge in [0.05, 0.1) is 5.56 Å². The van der Waals surface area contributed by atoms with Gasteiger partial charge in [0.25, 0.3) is 0 Å². The normalized spacial score (nSPS) is 16.0. The molecule has 1 aromatic heterocycles. The van der Waals surface area contributed by atoms with E-state index in [4.69, 9.17) is 14.9 Å². The first kappa shape index (κ1) is 18.2. The van der Waals surface area contributed by atoms with Gasteiger partial charge < -0.3 is 9.52 Å². The maximum atomic E-state index is 12.2. The van der Waals surface area contributed by atoms with Crippen molar-refractivity contribution in [2.45, 2.75) is 26.7 Å². The molecule has 5 nitrogen and oxygen atoms in total. The summed E-state index contributed by atoms with van der Waals surface area (Å²) in [5.41, 5.74) is 1.92. The van der Waals surface area contributed by atoms with E-state index in [-0.39, 0.29) is 16.7 Å². The maximum Gasteiger partial charge on any atom is 0.343 e. The van der Waals surface area contributed by atoms with Crippen molar-refractivity contribution in [1.29, 1.82) is 10.5 Å². The second-order valence-corrected chi connectivity index (χ2v) is 7.41. The fourth-order valence-electron chi connectivity index (χ4n) is 3.32. The zero-order valence-electron chi connectivity index (χ0n) is 15.1. The molecule has 27 heavy (non-hydrogen) atoms. The maximum absolute atomic E-state index is 12.2. The average molecular weight is 358 g/mol. The molecule has 0 atom stereocenters. The minimum Gasteiger partial charge on any atom is -0.508 e. The standard InChI is InChI=1S/C22H18N2O3/c1-22(2)10-14(7-17(11-22)18(12-23)13-24)3-4-16-8-15-5-6-19(25)9-20(15)27-21(16)26/h3-9,25H,10-11H2,1-2H3/b4-3+. The van der Waals surface area contributed by atoms with E-state index in [2.05, 4.69) is 13.8 Å². The Morgan fingerprint density at radius 2 is 1.93 bits per heavy atom. The molecular formula is C22H18N2O3. The zero-order chi connectivity index (χ0) is 19.6. The number of nitrogens with zero attached hydrogens (tertiary/aromatic N) is 2. The zero-order valence-corrected chi connectivity index (χ0v) is 15.1. The van der Waals surface area contributed by atoms with Crippen molar-refractivity contribution in [2.24, 2.45) is 5.41 Å². The Balaban J connectivity index is 2.01. The highest BCUT2D eigenvalue weighted by molar-refractivity contribution is 5.80. The van der Waals surface area contributed by atoms with E-state index < -0.39 is 5.63 Å². The number of nitriles is 2. The molecule has 134 valence electrons. The second-order valence-electron chi connectivity index (χ2n) is 7.41. The Hall–Kier alpha value is -3.57. The van der Waals surface area contributed by atoms with Crippen LogP contribution in [0.5, 0.6) is 5.75 Å². The van der Waals surface area contributed by atoms with Crippen molar-refractivity contribution >= 4 is 17.0 Å². The van der Waals surface area contributed by atoms with Crippen molar-refractivity contribution in [2.75, 3.05) is 0 Å². The monoisotopic (exact) mass is 358 g/mol. The molecule has 1 aromatic carbocycles. The van der Waals surface area contributed by atoms with Crippen LogP contribution in [0.2, 0.25) is 0 Å². The number of phenolic OH excluding ortho intramolecular Hbond substituents is 1. The van der Waals surface area contributed by atoms with E-state index in [1.807, 2.05) is 24.3 Å². The van der Waals surface area contributed by atoms with E-state index in [9.17, 15) is 9.90 Å². The van der Waals surface area contributed by atoms with Gasteiger partial charge in [-0.15, -0.1) is 0 Å². The Kier molecular flexibility index (Phi) is 4.71. The van der Waals surface area contributed by atoms with Crippen molar-refractivity contribution in [1.82, 2.24) is 0 Å². The van der Waals surface area contributed by atoms with Gasteiger partial charge in [-0.2, -0.15) is 10.5 Å². The van der Waals surface area contributed by atoms with Gasteiger partial charge in [-0.25, -0.2) is 4.79 Å². The Morgan fingerprint density at radius 1 is 1.19 bits per heavy atom. The Morgan fingerprint density at radius 3 is 2.63 bits per heavy atom. The van der Waals surface area contributed by atoms with E-state index in [0.29, 0.717) is 23.0 Å². The third-order valence-corrected chi connectivity index (χ3v) is 4.48. The largest absolute Gasteiger partial charge is 0.508 e. The summed E-state index contributed by atoms with van der Waals surface area (Å²) in [5, 5.41) is 28.5. The molecule has 5 heteroatoms. The van der Waals surface area contributed by atoms with E-state index in [1.165, 1.54) is 12.1 Å². The average Bonchev–Trinajstić information content (AvgIpc) is 2.60. The lowest BCUT2D eigenvalue weighted by Crippen LogP contribution is -2.17. The lowest BCUT2D eigenvalue weighted by atomic mass is 9.74. The molecule has 1 heterocycles. The molecule has 3 rings (SSSR count). The number of hydrogen-bond donors (Lipinski definition) is 1. The highest BCUT2D eigenvalue weighted by Gasteiger charge is 2.26. The molecule has 0 bridgehead atoms. The van der Waals surface area contributed by atoms with Crippen LogP contribution in [0, 0.1) is 28.1 Å². The van der Waals surface area contributed by atoms with Gasteiger partial charge in [-0.3, -0.25) is 0 Å². The van der Waals surface area contributed by atoms with E-state index in [1.54, 1.807) is 18.2 Å². The number of allylic oxidation sites excluding steroid dienone is 5. The molecule has 0 spiro atoms. The molecule has 0 radical (unpaired) electrons. The summed E-state index contributed by atoms with van der Waals surface area (Å²) in [6.07, 6.45) is 6.78. The molecule has 0 saturated carbocycles. The first-order valence-electron chi connectivity index (χ1n) is 8.50. The van der Waals surface area contributed by atoms with Crippen molar-refractivity contribution < 1.29 is 9.52 Å². The fraction of sp³-hybridized carbons (Fsp3) is 0.227. The number of benzene rings is 1. The van der Waals surface area contributed by atoms with Crippen molar-refractivity contribution in [3.8, 4) is 17.9 Å². The van der Waals surface area contributed by atoms with Crippen LogP contribution in [0.3, 0.4) is 0 Å². The van der Waals surface area contributed by atoms with Gasteiger partial charge in [0.2, 0.25) is 0 Å². The van der Waals surface area contributed by atoms with Gasteiger partial charge in [-0.05, 0) is 53.7 Å². The SMILES string of the molecule is CC1(C)CC(/C=C/c2cc3ccc(O)cc3oc2=O)=CC(=C(C#N)C#N)C1. The first-order valence-corrected chi connectivity index (χ1v) is 8.50. The van der Waals surface area contributed by atoms with Crippen LogP contribution in [-0.4, -0.2) is 5.11 Å². The minimum atomic E-state index is -0.495. The highest BCUT2D eigenvalue weighted by Crippen LogP contribution is 2.39. The Bertz CT molecular complexity index is 1130. The summed E-state index contributed by atoms with van der Waals surface area (Å²) in [6.45, 7) is 4.16. The summed E-state index contributed by atoms with van der Waals surface area (Å²) in [7, 11) is 0. The molecule has 0 saturated heterocycles. The van der Waals surface area contributed by atoms with Crippen molar-refractivity contribution in [3.05, 3.63) is 69.1 Å². The van der Waals surface area contributed by atoms with Gasteiger partial charge in [0.1, 0.15) is 29.0 Å². The van der Waals surface area contributed by atoms with Crippen LogP contribution >= 0.6 is 0 Å². The van der Waals surface area contributed by atoms with Crippen molar-refractivity contribution in [3.63, 3.8) is 0 Å². The summed E-state index contributed by atoms with van der Waals surface area (Å²) in [6, 6.07) is 10.2. The number of phenols is 1. The van der Waals surface area contributed by atoms with Crippen LogP contribution in [0.25, 0.3) is 17.0 Å². The van der Waals surface area contributed by atoms with Crippen LogP contribution in [-0.2, 0) is 0 Å².